The van der Waals surface area contributed by atoms with Gasteiger partial charge in [-0.05, 0) is 43.5 Å². The molecule has 4 rings (SSSR count). The van der Waals surface area contributed by atoms with Gasteiger partial charge in [0.05, 0.1) is 37.6 Å². The summed E-state index contributed by atoms with van der Waals surface area (Å²) in [6.07, 6.45) is 1.25. The lowest BCUT2D eigenvalue weighted by atomic mass is 9.91. The molecule has 12 heteroatoms. The second-order valence-electron chi connectivity index (χ2n) is 11.3. The maximum Gasteiger partial charge on any atom is 0.337 e. The van der Waals surface area contributed by atoms with Crippen LogP contribution < -0.4 is 10.6 Å². The van der Waals surface area contributed by atoms with Gasteiger partial charge in [-0.2, -0.15) is 0 Å². The van der Waals surface area contributed by atoms with Crippen molar-refractivity contribution in [3.05, 3.63) is 66.2 Å². The molecule has 44 heavy (non-hydrogen) atoms. The molecule has 12 nitrogen and oxygen atoms in total. The minimum absolute atomic E-state index is 0.0520. The summed E-state index contributed by atoms with van der Waals surface area (Å²) in [6, 6.07) is 11.6. The summed E-state index contributed by atoms with van der Waals surface area (Å²) in [5, 5.41) is 17.9. The van der Waals surface area contributed by atoms with Crippen molar-refractivity contribution in [2.75, 3.05) is 26.3 Å². The number of nitrogens with one attached hydrogen (secondary N) is 3. The van der Waals surface area contributed by atoms with Gasteiger partial charge in [0.25, 0.3) is 0 Å². The Kier molecular flexibility index (Phi) is 11.4. The molecule has 4 atom stereocenters. The van der Waals surface area contributed by atoms with Crippen LogP contribution in [-0.2, 0) is 41.5 Å². The molecule has 1 saturated heterocycles. The lowest BCUT2D eigenvalue weighted by Crippen LogP contribution is -2.55. The number of fused-ring (bicyclic) bond motifs is 1. The van der Waals surface area contributed by atoms with E-state index < -0.39 is 48.0 Å². The van der Waals surface area contributed by atoms with Crippen molar-refractivity contribution < 1.29 is 33.8 Å². The fraction of sp³-hybridized carbons (Fsp3) is 0.469. The highest BCUT2D eigenvalue weighted by Gasteiger charge is 2.33. The van der Waals surface area contributed by atoms with Crippen LogP contribution in [0.25, 0.3) is 10.8 Å². The molecule has 0 radical (unpaired) electrons. The molecule has 1 fully saturated rings. The number of carbonyl (C=O) groups is 4. The number of aromatic amines is 1. The molecule has 1 aliphatic heterocycles. The van der Waals surface area contributed by atoms with E-state index in [0.29, 0.717) is 32.0 Å². The number of aliphatic hydroxyl groups excluding tert-OH is 1. The van der Waals surface area contributed by atoms with Crippen LogP contribution in [0, 0.1) is 5.92 Å². The Bertz CT molecular complexity index is 1420. The number of nitrogens with zero attached hydrogens (tertiary/aromatic N) is 2. The number of benzene rings is 2. The van der Waals surface area contributed by atoms with Gasteiger partial charge in [-0.1, -0.05) is 42.5 Å². The van der Waals surface area contributed by atoms with Crippen LogP contribution in [0.5, 0.6) is 0 Å². The van der Waals surface area contributed by atoms with Crippen LogP contribution in [0.15, 0.2) is 55.0 Å². The molecule has 4 N–H and O–H groups in total. The summed E-state index contributed by atoms with van der Waals surface area (Å²) in [5.41, 5.74) is 1.50. The van der Waals surface area contributed by atoms with Gasteiger partial charge in [0.15, 0.2) is 6.10 Å². The van der Waals surface area contributed by atoms with Gasteiger partial charge in [0.1, 0.15) is 6.04 Å². The number of rotatable bonds is 13. The molecule has 0 bridgehead atoms. The summed E-state index contributed by atoms with van der Waals surface area (Å²) < 4.78 is 10.4. The Hall–Kier alpha value is -4.29. The number of hydrogen-bond acceptors (Lipinski definition) is 8. The molecule has 1 aromatic heterocycles. The quantitative estimate of drug-likeness (QED) is 0.213. The van der Waals surface area contributed by atoms with Crippen molar-refractivity contribution in [3.63, 3.8) is 0 Å². The van der Waals surface area contributed by atoms with Gasteiger partial charge >= 0.3 is 5.97 Å². The highest BCUT2D eigenvalue weighted by Crippen LogP contribution is 2.24. The molecule has 3 amide bonds. The Morgan fingerprint density at radius 2 is 1.73 bits per heavy atom. The van der Waals surface area contributed by atoms with Crippen LogP contribution in [0.2, 0.25) is 0 Å². The van der Waals surface area contributed by atoms with Crippen molar-refractivity contribution >= 4 is 34.5 Å². The number of carbonyl (C=O) groups excluding carboxylic acids is 4. The molecular weight excluding hydrogens is 566 g/mol. The van der Waals surface area contributed by atoms with Crippen LogP contribution >= 0.6 is 0 Å². The zero-order chi connectivity index (χ0) is 31.6. The second-order valence-corrected chi connectivity index (χ2v) is 11.3. The van der Waals surface area contributed by atoms with Gasteiger partial charge in [0.2, 0.25) is 17.7 Å². The number of morpholine rings is 1. The monoisotopic (exact) mass is 607 g/mol. The third-order valence-electron chi connectivity index (χ3n) is 7.55. The fourth-order valence-electron chi connectivity index (χ4n) is 5.17. The van der Waals surface area contributed by atoms with E-state index in [9.17, 15) is 24.3 Å². The molecule has 2 aromatic carbocycles. The summed E-state index contributed by atoms with van der Waals surface area (Å²) in [7, 11) is 0. The van der Waals surface area contributed by atoms with Gasteiger partial charge in [0, 0.05) is 37.8 Å². The van der Waals surface area contributed by atoms with Crippen LogP contribution in [0.3, 0.4) is 0 Å². The van der Waals surface area contributed by atoms with Crippen molar-refractivity contribution in [1.29, 1.82) is 0 Å². The zero-order valence-corrected chi connectivity index (χ0v) is 25.3. The average molecular weight is 608 g/mol. The maximum atomic E-state index is 14.0. The Balaban J connectivity index is 1.55. The molecule has 0 aliphatic carbocycles. The first-order valence-corrected chi connectivity index (χ1v) is 14.9. The average Bonchev–Trinajstić information content (AvgIpc) is 3.53. The summed E-state index contributed by atoms with van der Waals surface area (Å²) in [5.74, 6) is -2.88. The highest BCUT2D eigenvalue weighted by molar-refractivity contribution is 5.92. The summed E-state index contributed by atoms with van der Waals surface area (Å²) in [4.78, 5) is 61.6. The molecule has 3 aromatic rings. The van der Waals surface area contributed by atoms with E-state index in [1.807, 2.05) is 42.5 Å². The third-order valence-corrected chi connectivity index (χ3v) is 7.55. The Morgan fingerprint density at radius 3 is 2.43 bits per heavy atom. The van der Waals surface area contributed by atoms with E-state index in [1.54, 1.807) is 24.9 Å². The van der Waals surface area contributed by atoms with Gasteiger partial charge < -0.3 is 35.1 Å². The molecule has 2 heterocycles. The second kappa shape index (κ2) is 15.4. The first-order chi connectivity index (χ1) is 21.1. The van der Waals surface area contributed by atoms with E-state index in [-0.39, 0.29) is 25.2 Å². The highest BCUT2D eigenvalue weighted by atomic mass is 16.6. The van der Waals surface area contributed by atoms with Crippen LogP contribution in [-0.4, -0.2) is 94.3 Å². The fourth-order valence-corrected chi connectivity index (χ4v) is 5.17. The smallest absolute Gasteiger partial charge is 0.337 e. The molecule has 1 aliphatic rings. The van der Waals surface area contributed by atoms with E-state index in [1.165, 1.54) is 13.3 Å². The number of esters is 1. The first kappa shape index (κ1) is 32.6. The van der Waals surface area contributed by atoms with E-state index in [2.05, 4.69) is 20.6 Å². The number of imidazole rings is 1. The maximum absolute atomic E-state index is 14.0. The lowest BCUT2D eigenvalue weighted by Gasteiger charge is -2.29. The topological polar surface area (TPSA) is 163 Å². The summed E-state index contributed by atoms with van der Waals surface area (Å²) >= 11 is 0. The number of amides is 3. The minimum atomic E-state index is -1.60. The summed E-state index contributed by atoms with van der Waals surface area (Å²) in [6.45, 7) is 6.56. The SMILES string of the molecule is CC(C)OC(=O)[C@@H](O)[C@H](C)NC(=O)[C@H](Cc1cnc[nH]1)NC(=O)[C@@H](CC(=O)N1CCOCC1)Cc1cccc2ccccc12. The van der Waals surface area contributed by atoms with Crippen molar-refractivity contribution in [1.82, 2.24) is 25.5 Å². The van der Waals surface area contributed by atoms with Gasteiger partial charge in [-0.3, -0.25) is 14.4 Å². The molecule has 0 saturated carbocycles. The van der Waals surface area contributed by atoms with Crippen LogP contribution in [0.1, 0.15) is 38.4 Å². The van der Waals surface area contributed by atoms with Crippen molar-refractivity contribution in [2.24, 2.45) is 5.92 Å². The van der Waals surface area contributed by atoms with Gasteiger partial charge in [-0.15, -0.1) is 0 Å². The standard InChI is InChI=1S/C32H41N5O7/c1-20(2)44-32(42)29(39)21(3)35-31(41)27(17-25-18-33-19-34-25)36-30(40)24(16-28(38)37-11-13-43-14-12-37)15-23-9-6-8-22-7-4-5-10-26(22)23/h4-10,18-21,24,27,29,39H,11-17H2,1-3H3,(H,33,34)(H,35,41)(H,36,40)/t21-,24+,27-,29-/m0/s1. The Labute approximate surface area is 256 Å². The van der Waals surface area contributed by atoms with Crippen molar-refractivity contribution in [3.8, 4) is 0 Å². The molecular formula is C32H41N5O7. The number of aromatic nitrogens is 2. The van der Waals surface area contributed by atoms with Gasteiger partial charge in [-0.25, -0.2) is 9.78 Å². The lowest BCUT2D eigenvalue weighted by molar-refractivity contribution is -0.159. The first-order valence-electron chi connectivity index (χ1n) is 14.9. The number of aliphatic hydroxyl groups is 1. The largest absolute Gasteiger partial charge is 0.461 e. The minimum Gasteiger partial charge on any atom is -0.461 e. The van der Waals surface area contributed by atoms with E-state index in [4.69, 9.17) is 9.47 Å². The number of H-pyrrole nitrogens is 1. The predicted octanol–water partition coefficient (Wildman–Crippen LogP) is 1.52. The van der Waals surface area contributed by atoms with E-state index in [0.717, 1.165) is 16.3 Å². The van der Waals surface area contributed by atoms with E-state index >= 15 is 0 Å². The normalized spacial score (nSPS) is 16.2. The molecule has 0 spiro atoms. The molecule has 236 valence electrons. The van der Waals surface area contributed by atoms with Crippen molar-refractivity contribution in [2.45, 2.75) is 64.3 Å². The molecule has 0 unspecified atom stereocenters. The van der Waals surface area contributed by atoms with Crippen LogP contribution in [0.4, 0.5) is 0 Å². The number of ether oxygens (including phenoxy) is 2. The predicted molar refractivity (Wildman–Crippen MR) is 162 cm³/mol. The number of hydrogen-bond donors (Lipinski definition) is 4. The Morgan fingerprint density at radius 1 is 1.00 bits per heavy atom. The zero-order valence-electron chi connectivity index (χ0n) is 25.3. The third kappa shape index (κ3) is 8.87.